The molecule has 0 radical (unpaired) electrons. The number of anilines is 1. The Morgan fingerprint density at radius 2 is 1.72 bits per heavy atom. The zero-order valence-electron chi connectivity index (χ0n) is 14.2. The second-order valence-corrected chi connectivity index (χ2v) is 5.85. The molecule has 0 aliphatic carbocycles. The molecule has 0 aromatic heterocycles. The maximum atomic E-state index is 12.7. The standard InChI is InChI=1S/C19H22N2O3.ClH/c1-23-19(10-12-20-13-11-19)18(22)21-15-6-5-9-17(14-15)24-16-7-3-2-4-8-16;/h2-9,14,20H,10-13H2,1H3,(H,21,22);1H. The summed E-state index contributed by atoms with van der Waals surface area (Å²) in [6.07, 6.45) is 1.32. The smallest absolute Gasteiger partial charge is 0.256 e. The van der Waals surface area contributed by atoms with E-state index in [1.165, 1.54) is 0 Å². The third-order valence-corrected chi connectivity index (χ3v) is 4.29. The predicted molar refractivity (Wildman–Crippen MR) is 101 cm³/mol. The topological polar surface area (TPSA) is 59.6 Å². The number of rotatable bonds is 5. The fourth-order valence-corrected chi connectivity index (χ4v) is 2.86. The molecule has 2 aromatic rings. The molecule has 0 saturated carbocycles. The number of methoxy groups -OCH3 is 1. The zero-order chi connectivity index (χ0) is 16.8. The molecule has 3 rings (SSSR count). The molecule has 2 aromatic carbocycles. The van der Waals surface area contributed by atoms with Crippen molar-refractivity contribution >= 4 is 24.0 Å². The normalized spacial score (nSPS) is 15.7. The Hall–Kier alpha value is -2.08. The van der Waals surface area contributed by atoms with Gasteiger partial charge in [-0.15, -0.1) is 12.4 Å². The van der Waals surface area contributed by atoms with Gasteiger partial charge in [-0.05, 0) is 50.2 Å². The van der Waals surface area contributed by atoms with Crippen molar-refractivity contribution in [1.29, 1.82) is 0 Å². The number of amides is 1. The molecule has 1 amide bonds. The summed E-state index contributed by atoms with van der Waals surface area (Å²) in [4.78, 5) is 12.7. The number of ether oxygens (including phenoxy) is 2. The lowest BCUT2D eigenvalue weighted by Crippen LogP contribution is -2.51. The average Bonchev–Trinajstić information content (AvgIpc) is 2.63. The minimum Gasteiger partial charge on any atom is -0.457 e. The highest BCUT2D eigenvalue weighted by Crippen LogP contribution is 2.27. The van der Waals surface area contributed by atoms with E-state index in [1.54, 1.807) is 7.11 Å². The quantitative estimate of drug-likeness (QED) is 0.853. The molecule has 1 aliphatic rings. The van der Waals surface area contributed by atoms with Crippen LogP contribution in [0.4, 0.5) is 5.69 Å². The van der Waals surface area contributed by atoms with Gasteiger partial charge in [-0.2, -0.15) is 0 Å². The molecule has 1 fully saturated rings. The van der Waals surface area contributed by atoms with Gasteiger partial charge in [-0.3, -0.25) is 4.79 Å². The van der Waals surface area contributed by atoms with Crippen LogP contribution in [0.3, 0.4) is 0 Å². The fraction of sp³-hybridized carbons (Fsp3) is 0.316. The van der Waals surface area contributed by atoms with Gasteiger partial charge in [-0.25, -0.2) is 0 Å². The van der Waals surface area contributed by atoms with E-state index in [2.05, 4.69) is 10.6 Å². The summed E-state index contributed by atoms with van der Waals surface area (Å²) in [7, 11) is 1.60. The highest BCUT2D eigenvalue weighted by atomic mass is 35.5. The van der Waals surface area contributed by atoms with Crippen LogP contribution in [0.5, 0.6) is 11.5 Å². The molecule has 1 aliphatic heterocycles. The van der Waals surface area contributed by atoms with Crippen LogP contribution in [0.2, 0.25) is 0 Å². The molecule has 0 bridgehead atoms. The van der Waals surface area contributed by atoms with Crippen molar-refractivity contribution in [3.05, 3.63) is 54.6 Å². The number of nitrogens with one attached hydrogen (secondary N) is 2. The largest absolute Gasteiger partial charge is 0.457 e. The molecule has 5 nitrogen and oxygen atoms in total. The number of hydrogen-bond donors (Lipinski definition) is 2. The van der Waals surface area contributed by atoms with Crippen LogP contribution in [0, 0.1) is 0 Å². The van der Waals surface area contributed by atoms with E-state index in [4.69, 9.17) is 9.47 Å². The average molecular weight is 363 g/mol. The molecule has 1 heterocycles. The molecule has 0 atom stereocenters. The van der Waals surface area contributed by atoms with E-state index in [9.17, 15) is 4.79 Å². The zero-order valence-corrected chi connectivity index (χ0v) is 15.0. The summed E-state index contributed by atoms with van der Waals surface area (Å²) in [5.74, 6) is 1.33. The molecule has 2 N–H and O–H groups in total. The Labute approximate surface area is 154 Å². The molecule has 134 valence electrons. The van der Waals surface area contributed by atoms with E-state index < -0.39 is 5.60 Å². The summed E-state index contributed by atoms with van der Waals surface area (Å²) >= 11 is 0. The first kappa shape index (κ1) is 19.2. The Morgan fingerprint density at radius 1 is 1.04 bits per heavy atom. The molecule has 0 unspecified atom stereocenters. The Balaban J connectivity index is 0.00000225. The van der Waals surface area contributed by atoms with Gasteiger partial charge in [-0.1, -0.05) is 24.3 Å². The van der Waals surface area contributed by atoms with Gasteiger partial charge in [0, 0.05) is 18.9 Å². The van der Waals surface area contributed by atoms with E-state index in [-0.39, 0.29) is 18.3 Å². The van der Waals surface area contributed by atoms with E-state index in [0.29, 0.717) is 24.3 Å². The third kappa shape index (κ3) is 4.72. The van der Waals surface area contributed by atoms with E-state index in [1.807, 2.05) is 54.6 Å². The van der Waals surface area contributed by atoms with Gasteiger partial charge in [0.25, 0.3) is 5.91 Å². The van der Waals surface area contributed by atoms with Crippen molar-refractivity contribution < 1.29 is 14.3 Å². The van der Waals surface area contributed by atoms with Crippen molar-refractivity contribution in [2.75, 3.05) is 25.5 Å². The Morgan fingerprint density at radius 3 is 2.40 bits per heavy atom. The van der Waals surface area contributed by atoms with Crippen molar-refractivity contribution in [1.82, 2.24) is 5.32 Å². The second-order valence-electron chi connectivity index (χ2n) is 5.85. The monoisotopic (exact) mass is 362 g/mol. The summed E-state index contributed by atoms with van der Waals surface area (Å²) in [6.45, 7) is 1.55. The molecule has 25 heavy (non-hydrogen) atoms. The number of halogens is 1. The number of hydrogen-bond acceptors (Lipinski definition) is 4. The molecular weight excluding hydrogens is 340 g/mol. The first-order chi connectivity index (χ1) is 11.7. The van der Waals surface area contributed by atoms with Gasteiger partial charge < -0.3 is 20.1 Å². The molecule has 6 heteroatoms. The number of benzene rings is 2. The van der Waals surface area contributed by atoms with E-state index >= 15 is 0 Å². The van der Waals surface area contributed by atoms with Gasteiger partial charge in [0.05, 0.1) is 0 Å². The Kier molecular flexibility index (Phi) is 6.82. The summed E-state index contributed by atoms with van der Waals surface area (Å²) in [5, 5.41) is 6.21. The second kappa shape index (κ2) is 8.85. The van der Waals surface area contributed by atoms with Crippen molar-refractivity contribution in [3.63, 3.8) is 0 Å². The van der Waals surface area contributed by atoms with Crippen molar-refractivity contribution in [2.45, 2.75) is 18.4 Å². The van der Waals surface area contributed by atoms with Crippen LogP contribution in [0.1, 0.15) is 12.8 Å². The van der Waals surface area contributed by atoms with Crippen molar-refractivity contribution in [3.8, 4) is 11.5 Å². The lowest BCUT2D eigenvalue weighted by Gasteiger charge is -2.34. The van der Waals surface area contributed by atoms with Gasteiger partial charge in [0.15, 0.2) is 0 Å². The first-order valence-electron chi connectivity index (χ1n) is 8.12. The van der Waals surface area contributed by atoms with Crippen LogP contribution in [-0.2, 0) is 9.53 Å². The SMILES string of the molecule is COC1(C(=O)Nc2cccc(Oc3ccccc3)c2)CCNCC1.Cl. The minimum atomic E-state index is -0.762. The highest BCUT2D eigenvalue weighted by Gasteiger charge is 2.39. The highest BCUT2D eigenvalue weighted by molar-refractivity contribution is 5.97. The predicted octanol–water partition coefficient (Wildman–Crippen LogP) is 3.61. The first-order valence-corrected chi connectivity index (χ1v) is 8.12. The fourth-order valence-electron chi connectivity index (χ4n) is 2.86. The molecular formula is C19H23ClN2O3. The maximum absolute atomic E-state index is 12.7. The van der Waals surface area contributed by atoms with Gasteiger partial charge in [0.1, 0.15) is 17.1 Å². The lowest BCUT2D eigenvalue weighted by atomic mass is 9.91. The van der Waals surface area contributed by atoms with Crippen molar-refractivity contribution in [2.24, 2.45) is 0 Å². The van der Waals surface area contributed by atoms with Crippen LogP contribution in [-0.4, -0.2) is 31.7 Å². The van der Waals surface area contributed by atoms with E-state index in [0.717, 1.165) is 18.8 Å². The number of para-hydroxylation sites is 1. The maximum Gasteiger partial charge on any atom is 0.256 e. The van der Waals surface area contributed by atoms with Gasteiger partial charge in [0.2, 0.25) is 0 Å². The van der Waals surface area contributed by atoms with Crippen LogP contribution in [0.25, 0.3) is 0 Å². The van der Waals surface area contributed by atoms with Crippen LogP contribution < -0.4 is 15.4 Å². The number of carbonyl (C=O) groups is 1. The summed E-state index contributed by atoms with van der Waals surface area (Å²) < 4.78 is 11.4. The number of piperidine rings is 1. The Bertz CT molecular complexity index is 688. The van der Waals surface area contributed by atoms with Crippen LogP contribution in [0.15, 0.2) is 54.6 Å². The molecule has 1 saturated heterocycles. The molecule has 0 spiro atoms. The third-order valence-electron chi connectivity index (χ3n) is 4.29. The van der Waals surface area contributed by atoms with Crippen LogP contribution >= 0.6 is 12.4 Å². The summed E-state index contributed by atoms with van der Waals surface area (Å²) in [6, 6.07) is 16.9. The van der Waals surface area contributed by atoms with Gasteiger partial charge >= 0.3 is 0 Å². The minimum absolute atomic E-state index is 0. The summed E-state index contributed by atoms with van der Waals surface area (Å²) in [5.41, 5.74) is -0.0648. The number of carbonyl (C=O) groups excluding carboxylic acids is 1. The lowest BCUT2D eigenvalue weighted by molar-refractivity contribution is -0.140.